The second kappa shape index (κ2) is 6.30. The fourth-order valence-electron chi connectivity index (χ4n) is 2.12. The van der Waals surface area contributed by atoms with E-state index in [1.165, 1.54) is 6.07 Å². The summed E-state index contributed by atoms with van der Waals surface area (Å²) in [6.07, 6.45) is 4.78. The summed E-state index contributed by atoms with van der Waals surface area (Å²) in [5.74, 6) is -0.225. The van der Waals surface area contributed by atoms with E-state index in [0.29, 0.717) is 5.56 Å². The van der Waals surface area contributed by atoms with Gasteiger partial charge in [0.05, 0.1) is 12.2 Å². The fraction of sp³-hybridized carbons (Fsp3) is 0.357. The van der Waals surface area contributed by atoms with Gasteiger partial charge in [0.25, 0.3) is 0 Å². The maximum atomic E-state index is 14.0. The minimum absolute atomic E-state index is 0.182. The highest BCUT2D eigenvalue weighted by Gasteiger charge is 2.17. The highest BCUT2D eigenvalue weighted by atomic mass is 79.9. The second-order valence-electron chi connectivity index (χ2n) is 4.42. The third-order valence-corrected chi connectivity index (χ3v) is 3.49. The number of nitrogens with one attached hydrogen (secondary N) is 1. The molecule has 1 aromatic heterocycles. The highest BCUT2D eigenvalue weighted by Crippen LogP contribution is 2.26. The summed E-state index contributed by atoms with van der Waals surface area (Å²) in [7, 11) is 1.82. The van der Waals surface area contributed by atoms with Crippen LogP contribution in [0, 0.1) is 5.82 Å². The van der Waals surface area contributed by atoms with Gasteiger partial charge in [-0.3, -0.25) is 4.68 Å². The predicted octanol–water partition coefficient (Wildman–Crippen LogP) is 3.50. The number of rotatable bonds is 5. The lowest BCUT2D eigenvalue weighted by Gasteiger charge is -2.16. The van der Waals surface area contributed by atoms with Gasteiger partial charge in [-0.15, -0.1) is 0 Å². The van der Waals surface area contributed by atoms with Gasteiger partial charge in [-0.05, 0) is 25.6 Å². The second-order valence-corrected chi connectivity index (χ2v) is 5.34. The molecule has 19 heavy (non-hydrogen) atoms. The molecule has 0 radical (unpaired) electrons. The van der Waals surface area contributed by atoms with Crippen molar-refractivity contribution in [1.82, 2.24) is 15.1 Å². The zero-order valence-electron chi connectivity index (χ0n) is 11.0. The first-order chi connectivity index (χ1) is 9.15. The summed E-state index contributed by atoms with van der Waals surface area (Å²) in [6.45, 7) is 2.98. The summed E-state index contributed by atoms with van der Waals surface area (Å²) in [4.78, 5) is 0. The van der Waals surface area contributed by atoms with E-state index in [1.54, 1.807) is 12.3 Å². The molecule has 2 aromatic rings. The van der Waals surface area contributed by atoms with Gasteiger partial charge in [-0.25, -0.2) is 4.39 Å². The first-order valence-corrected chi connectivity index (χ1v) is 7.09. The van der Waals surface area contributed by atoms with Gasteiger partial charge in [0, 0.05) is 28.3 Å². The van der Waals surface area contributed by atoms with Crippen molar-refractivity contribution in [1.29, 1.82) is 0 Å². The van der Waals surface area contributed by atoms with E-state index in [9.17, 15) is 4.39 Å². The van der Waals surface area contributed by atoms with Gasteiger partial charge < -0.3 is 5.32 Å². The minimum Gasteiger partial charge on any atom is -0.309 e. The van der Waals surface area contributed by atoms with E-state index in [2.05, 4.69) is 33.3 Å². The topological polar surface area (TPSA) is 29.9 Å². The van der Waals surface area contributed by atoms with Gasteiger partial charge in [0.1, 0.15) is 5.82 Å². The van der Waals surface area contributed by atoms with Crippen LogP contribution in [0.2, 0.25) is 0 Å². The molecular weight excluding hydrogens is 309 g/mol. The largest absolute Gasteiger partial charge is 0.309 e. The van der Waals surface area contributed by atoms with Crippen molar-refractivity contribution in [3.8, 4) is 0 Å². The molecule has 1 atom stereocenters. The van der Waals surface area contributed by atoms with Crippen LogP contribution in [0.1, 0.15) is 30.5 Å². The van der Waals surface area contributed by atoms with Crippen molar-refractivity contribution in [3.63, 3.8) is 0 Å². The first kappa shape index (κ1) is 14.2. The maximum Gasteiger partial charge on any atom is 0.129 e. The summed E-state index contributed by atoms with van der Waals surface area (Å²) < 4.78 is 16.7. The molecule has 0 aliphatic carbocycles. The Labute approximate surface area is 121 Å². The van der Waals surface area contributed by atoms with E-state index < -0.39 is 0 Å². The standard InChI is InChI=1S/C14H17BrFN3/c1-3-6-19-9-10(8-18-19)14(17-2)12-5-4-11(15)7-13(12)16/h4-5,7-9,14,17H,3,6H2,1-2H3. The Kier molecular flexibility index (Phi) is 4.71. The van der Waals surface area contributed by atoms with Crippen LogP contribution in [-0.4, -0.2) is 16.8 Å². The average molecular weight is 326 g/mol. The van der Waals surface area contributed by atoms with Crippen LogP contribution >= 0.6 is 15.9 Å². The molecule has 1 aromatic carbocycles. The molecule has 0 bridgehead atoms. The normalized spacial score (nSPS) is 12.6. The van der Waals surface area contributed by atoms with Crippen molar-refractivity contribution in [2.24, 2.45) is 0 Å². The van der Waals surface area contributed by atoms with Crippen LogP contribution in [-0.2, 0) is 6.54 Å². The summed E-state index contributed by atoms with van der Waals surface area (Å²) in [5.41, 5.74) is 1.60. The molecule has 0 fully saturated rings. The van der Waals surface area contributed by atoms with Gasteiger partial charge in [-0.2, -0.15) is 5.10 Å². The van der Waals surface area contributed by atoms with E-state index in [0.717, 1.165) is 23.0 Å². The SMILES string of the molecule is CCCn1cc(C(NC)c2ccc(Br)cc2F)cn1. The highest BCUT2D eigenvalue weighted by molar-refractivity contribution is 9.10. The van der Waals surface area contributed by atoms with E-state index >= 15 is 0 Å². The number of aryl methyl sites for hydroxylation is 1. The predicted molar refractivity (Wildman–Crippen MR) is 77.5 cm³/mol. The van der Waals surface area contributed by atoms with E-state index in [4.69, 9.17) is 0 Å². The molecule has 0 aliphatic heterocycles. The van der Waals surface area contributed by atoms with Crippen LogP contribution in [0.25, 0.3) is 0 Å². The summed E-state index contributed by atoms with van der Waals surface area (Å²) in [6, 6.07) is 4.94. The zero-order valence-corrected chi connectivity index (χ0v) is 12.6. The Morgan fingerprint density at radius 1 is 1.47 bits per heavy atom. The molecule has 1 heterocycles. The lowest BCUT2D eigenvalue weighted by Crippen LogP contribution is -2.18. The Bertz CT molecular complexity index is 553. The quantitative estimate of drug-likeness (QED) is 0.911. The molecule has 3 nitrogen and oxygen atoms in total. The minimum atomic E-state index is -0.225. The van der Waals surface area contributed by atoms with Crippen molar-refractivity contribution in [2.75, 3.05) is 7.05 Å². The Balaban J connectivity index is 2.32. The third kappa shape index (κ3) is 3.22. The first-order valence-electron chi connectivity index (χ1n) is 6.30. The lowest BCUT2D eigenvalue weighted by atomic mass is 10.0. The number of benzene rings is 1. The number of hydrogen-bond acceptors (Lipinski definition) is 2. The Morgan fingerprint density at radius 2 is 2.26 bits per heavy atom. The molecule has 1 unspecified atom stereocenters. The molecule has 0 aliphatic rings. The third-order valence-electron chi connectivity index (χ3n) is 3.00. The smallest absolute Gasteiger partial charge is 0.129 e. The molecule has 5 heteroatoms. The van der Waals surface area contributed by atoms with Crippen LogP contribution in [0.5, 0.6) is 0 Å². The molecule has 0 spiro atoms. The van der Waals surface area contributed by atoms with E-state index in [-0.39, 0.29) is 11.9 Å². The fourth-order valence-corrected chi connectivity index (χ4v) is 2.45. The molecule has 2 rings (SSSR count). The maximum absolute atomic E-state index is 14.0. The van der Waals surface area contributed by atoms with Gasteiger partial charge in [0.15, 0.2) is 0 Å². The average Bonchev–Trinajstić information content (AvgIpc) is 2.82. The zero-order chi connectivity index (χ0) is 13.8. The van der Waals surface area contributed by atoms with Crippen LogP contribution in [0.3, 0.4) is 0 Å². The summed E-state index contributed by atoms with van der Waals surface area (Å²) in [5, 5.41) is 7.43. The van der Waals surface area contributed by atoms with Crippen molar-refractivity contribution in [3.05, 3.63) is 52.0 Å². The molecule has 0 amide bonds. The Hall–Kier alpha value is -1.20. The number of hydrogen-bond donors (Lipinski definition) is 1. The summed E-state index contributed by atoms with van der Waals surface area (Å²) >= 11 is 3.27. The lowest BCUT2D eigenvalue weighted by molar-refractivity contribution is 0.573. The van der Waals surface area contributed by atoms with Crippen LogP contribution in [0.4, 0.5) is 4.39 Å². The van der Waals surface area contributed by atoms with Crippen molar-refractivity contribution in [2.45, 2.75) is 25.9 Å². The molecule has 0 saturated heterocycles. The molecule has 1 N–H and O–H groups in total. The van der Waals surface area contributed by atoms with Crippen LogP contribution in [0.15, 0.2) is 35.1 Å². The molecular formula is C14H17BrFN3. The van der Waals surface area contributed by atoms with Crippen molar-refractivity contribution < 1.29 is 4.39 Å². The molecule has 0 saturated carbocycles. The number of nitrogens with zero attached hydrogens (tertiary/aromatic N) is 2. The van der Waals surface area contributed by atoms with Crippen LogP contribution < -0.4 is 5.32 Å². The van der Waals surface area contributed by atoms with Gasteiger partial charge >= 0.3 is 0 Å². The van der Waals surface area contributed by atoms with E-state index in [1.807, 2.05) is 24.0 Å². The molecule has 102 valence electrons. The van der Waals surface area contributed by atoms with Gasteiger partial charge in [0.2, 0.25) is 0 Å². The van der Waals surface area contributed by atoms with Gasteiger partial charge in [-0.1, -0.05) is 28.9 Å². The number of aromatic nitrogens is 2. The Morgan fingerprint density at radius 3 is 2.89 bits per heavy atom. The monoisotopic (exact) mass is 325 g/mol. The number of halogens is 2. The van der Waals surface area contributed by atoms with Crippen molar-refractivity contribution >= 4 is 15.9 Å².